The van der Waals surface area contributed by atoms with Gasteiger partial charge in [0.1, 0.15) is 0 Å². The molecule has 2 heterocycles. The van der Waals surface area contributed by atoms with Gasteiger partial charge in [-0.05, 0) is 64.1 Å². The summed E-state index contributed by atoms with van der Waals surface area (Å²) < 4.78 is 10.9. The SMILES string of the molecule is COc1cc2c(cc1OC)CN(Cc1ccc(-c3ccc4c(c3)CC(=O)N4)cc1)CC2. The van der Waals surface area contributed by atoms with E-state index in [4.69, 9.17) is 9.47 Å². The molecule has 0 aliphatic carbocycles. The van der Waals surface area contributed by atoms with Gasteiger partial charge in [-0.25, -0.2) is 0 Å². The van der Waals surface area contributed by atoms with Gasteiger partial charge >= 0.3 is 0 Å². The van der Waals surface area contributed by atoms with Crippen LogP contribution in [0.1, 0.15) is 22.3 Å². The van der Waals surface area contributed by atoms with Gasteiger partial charge in [-0.2, -0.15) is 0 Å². The highest BCUT2D eigenvalue weighted by atomic mass is 16.5. The van der Waals surface area contributed by atoms with Gasteiger partial charge < -0.3 is 14.8 Å². The second kappa shape index (κ2) is 8.08. The summed E-state index contributed by atoms with van der Waals surface area (Å²) in [5.74, 6) is 1.66. The Morgan fingerprint density at radius 3 is 2.32 bits per heavy atom. The molecule has 0 aromatic heterocycles. The number of hydrogen-bond acceptors (Lipinski definition) is 4. The van der Waals surface area contributed by atoms with Gasteiger partial charge in [0.15, 0.2) is 11.5 Å². The van der Waals surface area contributed by atoms with Crippen molar-refractivity contribution in [3.05, 3.63) is 76.9 Å². The van der Waals surface area contributed by atoms with Gasteiger partial charge in [-0.15, -0.1) is 0 Å². The van der Waals surface area contributed by atoms with Crippen LogP contribution in [0, 0.1) is 0 Å². The molecule has 31 heavy (non-hydrogen) atoms. The molecule has 5 heteroatoms. The third-order valence-corrected chi connectivity index (χ3v) is 6.22. The van der Waals surface area contributed by atoms with Crippen molar-refractivity contribution < 1.29 is 14.3 Å². The van der Waals surface area contributed by atoms with Crippen LogP contribution in [0.15, 0.2) is 54.6 Å². The fourth-order valence-electron chi connectivity index (χ4n) is 4.55. The third kappa shape index (κ3) is 3.89. The third-order valence-electron chi connectivity index (χ3n) is 6.22. The molecule has 158 valence electrons. The summed E-state index contributed by atoms with van der Waals surface area (Å²) in [4.78, 5) is 14.1. The lowest BCUT2D eigenvalue weighted by molar-refractivity contribution is -0.115. The van der Waals surface area contributed by atoms with Crippen molar-refractivity contribution in [1.82, 2.24) is 4.90 Å². The van der Waals surface area contributed by atoms with E-state index in [2.05, 4.69) is 58.7 Å². The Hall–Kier alpha value is -3.31. The molecule has 0 atom stereocenters. The quantitative estimate of drug-likeness (QED) is 0.671. The minimum absolute atomic E-state index is 0.0710. The lowest BCUT2D eigenvalue weighted by atomic mass is 9.97. The van der Waals surface area contributed by atoms with Crippen LogP contribution in [0.5, 0.6) is 11.5 Å². The highest BCUT2D eigenvalue weighted by molar-refractivity contribution is 5.99. The number of anilines is 1. The Balaban J connectivity index is 1.29. The highest BCUT2D eigenvalue weighted by Gasteiger charge is 2.20. The summed E-state index contributed by atoms with van der Waals surface area (Å²) in [5.41, 5.74) is 8.28. The van der Waals surface area contributed by atoms with Crippen LogP contribution in [0.2, 0.25) is 0 Å². The zero-order valence-electron chi connectivity index (χ0n) is 17.9. The van der Waals surface area contributed by atoms with Crippen LogP contribution in [-0.2, 0) is 30.7 Å². The van der Waals surface area contributed by atoms with E-state index >= 15 is 0 Å². The van der Waals surface area contributed by atoms with Crippen molar-refractivity contribution in [2.45, 2.75) is 25.9 Å². The van der Waals surface area contributed by atoms with Gasteiger partial charge in [-0.3, -0.25) is 9.69 Å². The Morgan fingerprint density at radius 2 is 1.58 bits per heavy atom. The van der Waals surface area contributed by atoms with Crippen LogP contribution in [0.25, 0.3) is 11.1 Å². The fraction of sp³-hybridized carbons (Fsp3) is 0.269. The summed E-state index contributed by atoms with van der Waals surface area (Å²) in [7, 11) is 3.37. The van der Waals surface area contributed by atoms with Crippen molar-refractivity contribution in [3.8, 4) is 22.6 Å². The highest BCUT2D eigenvalue weighted by Crippen LogP contribution is 2.34. The summed E-state index contributed by atoms with van der Waals surface area (Å²) in [5, 5.41) is 2.89. The first kappa shape index (κ1) is 19.6. The predicted molar refractivity (Wildman–Crippen MR) is 122 cm³/mol. The number of carbonyl (C=O) groups is 1. The molecule has 0 spiro atoms. The molecule has 3 aromatic carbocycles. The van der Waals surface area contributed by atoms with Gasteiger partial charge in [0.05, 0.1) is 20.6 Å². The zero-order chi connectivity index (χ0) is 21.4. The first-order valence-corrected chi connectivity index (χ1v) is 10.6. The fourth-order valence-corrected chi connectivity index (χ4v) is 4.55. The first-order chi connectivity index (χ1) is 15.1. The number of amides is 1. The number of benzene rings is 3. The second-order valence-electron chi connectivity index (χ2n) is 8.23. The lowest BCUT2D eigenvalue weighted by Crippen LogP contribution is -2.30. The van der Waals surface area contributed by atoms with Crippen LogP contribution in [0.3, 0.4) is 0 Å². The number of fused-ring (bicyclic) bond motifs is 2. The smallest absolute Gasteiger partial charge is 0.228 e. The number of nitrogens with one attached hydrogen (secondary N) is 1. The average Bonchev–Trinajstić information content (AvgIpc) is 3.17. The molecule has 0 radical (unpaired) electrons. The monoisotopic (exact) mass is 414 g/mol. The Kier molecular flexibility index (Phi) is 5.12. The molecule has 0 saturated carbocycles. The topological polar surface area (TPSA) is 50.8 Å². The van der Waals surface area contributed by atoms with E-state index in [1.165, 1.54) is 22.3 Å². The number of carbonyl (C=O) groups excluding carboxylic acids is 1. The molecule has 0 fully saturated rings. The normalized spacial score (nSPS) is 15.2. The second-order valence-corrected chi connectivity index (χ2v) is 8.23. The largest absolute Gasteiger partial charge is 0.493 e. The van der Waals surface area contributed by atoms with Gasteiger partial charge in [0.2, 0.25) is 5.91 Å². The van der Waals surface area contributed by atoms with Crippen molar-refractivity contribution in [1.29, 1.82) is 0 Å². The van der Waals surface area contributed by atoms with Gasteiger partial charge in [0.25, 0.3) is 0 Å². The van der Waals surface area contributed by atoms with Gasteiger partial charge in [-0.1, -0.05) is 30.3 Å². The number of rotatable bonds is 5. The van der Waals surface area contributed by atoms with Crippen LogP contribution >= 0.6 is 0 Å². The molecular weight excluding hydrogens is 388 g/mol. The minimum atomic E-state index is 0.0710. The molecule has 0 saturated heterocycles. The standard InChI is InChI=1S/C26H26N2O3/c1-30-24-12-20-9-10-28(16-22(20)13-25(24)31-2)15-17-3-5-18(6-4-17)19-7-8-23-21(11-19)14-26(29)27-23/h3-8,11-13H,9-10,14-16H2,1-2H3,(H,27,29). The van der Waals surface area contributed by atoms with Crippen LogP contribution < -0.4 is 14.8 Å². The van der Waals surface area contributed by atoms with Crippen LogP contribution in [0.4, 0.5) is 5.69 Å². The zero-order valence-corrected chi connectivity index (χ0v) is 17.9. The van der Waals surface area contributed by atoms with E-state index in [9.17, 15) is 4.79 Å². The van der Waals surface area contributed by atoms with Crippen LogP contribution in [-0.4, -0.2) is 31.6 Å². The predicted octanol–water partition coefficient (Wildman–Crippen LogP) is 4.42. The lowest BCUT2D eigenvalue weighted by Gasteiger charge is -2.29. The molecule has 1 amide bonds. The van der Waals surface area contributed by atoms with E-state index in [1.54, 1.807) is 14.2 Å². The molecule has 1 N–H and O–H groups in total. The molecule has 5 rings (SSSR count). The van der Waals surface area contributed by atoms with E-state index in [0.717, 1.165) is 54.4 Å². The van der Waals surface area contributed by atoms with E-state index in [0.29, 0.717) is 6.42 Å². The molecule has 5 nitrogen and oxygen atoms in total. The molecular formula is C26H26N2O3. The summed E-state index contributed by atoms with van der Waals surface area (Å²) in [6.45, 7) is 2.84. The molecule has 2 aliphatic rings. The summed E-state index contributed by atoms with van der Waals surface area (Å²) in [6, 6.07) is 19.2. The van der Waals surface area contributed by atoms with Crippen molar-refractivity contribution >= 4 is 11.6 Å². The minimum Gasteiger partial charge on any atom is -0.493 e. The first-order valence-electron chi connectivity index (χ1n) is 10.6. The maximum atomic E-state index is 11.6. The maximum absolute atomic E-state index is 11.6. The number of hydrogen-bond donors (Lipinski definition) is 1. The Bertz CT molecular complexity index is 1140. The Labute approximate surface area is 182 Å². The molecule has 2 aliphatic heterocycles. The average molecular weight is 415 g/mol. The van der Waals surface area contributed by atoms with Crippen molar-refractivity contribution in [2.24, 2.45) is 0 Å². The molecule has 3 aromatic rings. The molecule has 0 bridgehead atoms. The van der Waals surface area contributed by atoms with E-state index in [1.807, 2.05) is 6.07 Å². The summed E-state index contributed by atoms with van der Waals surface area (Å²) >= 11 is 0. The number of methoxy groups -OCH3 is 2. The number of ether oxygens (including phenoxy) is 2. The van der Waals surface area contributed by atoms with Crippen molar-refractivity contribution in [3.63, 3.8) is 0 Å². The summed E-state index contributed by atoms with van der Waals surface area (Å²) in [6.07, 6.45) is 1.48. The van der Waals surface area contributed by atoms with Gasteiger partial charge in [0, 0.05) is 25.3 Å². The van der Waals surface area contributed by atoms with Crippen molar-refractivity contribution in [2.75, 3.05) is 26.1 Å². The number of nitrogens with zero attached hydrogens (tertiary/aromatic N) is 1. The molecule has 0 unspecified atom stereocenters. The maximum Gasteiger partial charge on any atom is 0.228 e. The van der Waals surface area contributed by atoms with E-state index < -0.39 is 0 Å². The van der Waals surface area contributed by atoms with E-state index in [-0.39, 0.29) is 5.91 Å². The Morgan fingerprint density at radius 1 is 0.871 bits per heavy atom.